The smallest absolute Gasteiger partial charge is 0.221 e. The number of hydrogen-bond acceptors (Lipinski definition) is 4. The lowest BCUT2D eigenvalue weighted by atomic mass is 10.0. The normalized spacial score (nSPS) is 10.2. The molecule has 3 aromatic rings. The quantitative estimate of drug-likeness (QED) is 0.570. The number of rotatable bonds is 4. The maximum absolute atomic E-state index is 14.2. The molecular weight excluding hydrogens is 362 g/mol. The minimum absolute atomic E-state index is 0.185. The van der Waals surface area contributed by atoms with E-state index in [-0.39, 0.29) is 11.5 Å². The Hall–Kier alpha value is -3.92. The third kappa shape index (κ3) is 4.24. The molecule has 0 spiro atoms. The van der Waals surface area contributed by atoms with Crippen LogP contribution in [0.2, 0.25) is 0 Å². The number of nitrogens with two attached hydrogens (primary N) is 1. The van der Waals surface area contributed by atoms with E-state index in [9.17, 15) is 13.6 Å². The Labute approximate surface area is 160 Å². The van der Waals surface area contributed by atoms with Crippen LogP contribution >= 0.6 is 0 Å². The summed E-state index contributed by atoms with van der Waals surface area (Å²) in [5.74, 6) is -1.69. The van der Waals surface area contributed by atoms with Gasteiger partial charge in [-0.2, -0.15) is 5.26 Å². The van der Waals surface area contributed by atoms with Crippen molar-refractivity contribution in [2.75, 3.05) is 16.4 Å². The molecule has 3 aromatic carbocycles. The minimum atomic E-state index is -0.719. The van der Waals surface area contributed by atoms with Crippen molar-refractivity contribution < 1.29 is 13.6 Å². The van der Waals surface area contributed by atoms with E-state index in [4.69, 9.17) is 11.0 Å². The van der Waals surface area contributed by atoms with Crippen LogP contribution in [0.1, 0.15) is 12.5 Å². The number of amides is 1. The number of hydrogen-bond donors (Lipinski definition) is 3. The summed E-state index contributed by atoms with van der Waals surface area (Å²) in [7, 11) is 0. The highest BCUT2D eigenvalue weighted by atomic mass is 19.1. The largest absolute Gasteiger partial charge is 0.397 e. The van der Waals surface area contributed by atoms with Gasteiger partial charge in [0.15, 0.2) is 0 Å². The van der Waals surface area contributed by atoms with E-state index in [1.807, 2.05) is 6.07 Å². The highest BCUT2D eigenvalue weighted by Crippen LogP contribution is 2.32. The standard InChI is InChI=1S/C21H16F2N4O/c1-12(28)26-16-7-14(18-4-3-15(22)9-19(18)23)8-17(10-16)27-21-5-2-13(11-24)6-20(21)25/h2-10,27H,25H2,1H3,(H,26,28). The number of nitriles is 1. The summed E-state index contributed by atoms with van der Waals surface area (Å²) in [6.45, 7) is 1.36. The molecule has 28 heavy (non-hydrogen) atoms. The van der Waals surface area contributed by atoms with Crippen LogP contribution in [-0.2, 0) is 4.79 Å². The predicted molar refractivity (Wildman–Crippen MR) is 105 cm³/mol. The van der Waals surface area contributed by atoms with Crippen molar-refractivity contribution in [1.29, 1.82) is 5.26 Å². The van der Waals surface area contributed by atoms with Crippen molar-refractivity contribution in [2.45, 2.75) is 6.92 Å². The summed E-state index contributed by atoms with van der Waals surface area (Å²) in [4.78, 5) is 11.5. The van der Waals surface area contributed by atoms with E-state index in [1.165, 1.54) is 19.1 Å². The third-order valence-electron chi connectivity index (χ3n) is 3.96. The van der Waals surface area contributed by atoms with Crippen LogP contribution in [-0.4, -0.2) is 5.91 Å². The molecule has 0 unspecified atom stereocenters. The molecule has 0 saturated carbocycles. The lowest BCUT2D eigenvalue weighted by Gasteiger charge is -2.14. The number of benzene rings is 3. The van der Waals surface area contributed by atoms with Crippen molar-refractivity contribution in [3.8, 4) is 17.2 Å². The van der Waals surface area contributed by atoms with Crippen molar-refractivity contribution in [1.82, 2.24) is 0 Å². The lowest BCUT2D eigenvalue weighted by molar-refractivity contribution is -0.114. The van der Waals surface area contributed by atoms with E-state index in [1.54, 1.807) is 30.3 Å². The van der Waals surface area contributed by atoms with Gasteiger partial charge in [0.1, 0.15) is 11.6 Å². The second-order valence-corrected chi connectivity index (χ2v) is 6.14. The zero-order valence-corrected chi connectivity index (χ0v) is 14.9. The predicted octanol–water partition coefficient (Wildman–Crippen LogP) is 4.79. The summed E-state index contributed by atoms with van der Waals surface area (Å²) in [5, 5.41) is 14.7. The summed E-state index contributed by atoms with van der Waals surface area (Å²) in [5.41, 5.74) is 8.89. The van der Waals surface area contributed by atoms with Crippen molar-refractivity contribution in [3.05, 3.63) is 71.8 Å². The van der Waals surface area contributed by atoms with E-state index in [2.05, 4.69) is 10.6 Å². The number of anilines is 4. The van der Waals surface area contributed by atoms with Gasteiger partial charge in [-0.1, -0.05) is 0 Å². The number of nitrogen functional groups attached to an aromatic ring is 1. The monoisotopic (exact) mass is 378 g/mol. The first kappa shape index (κ1) is 18.9. The molecule has 3 rings (SSSR count). The Morgan fingerprint density at radius 2 is 1.79 bits per heavy atom. The van der Waals surface area contributed by atoms with Gasteiger partial charge in [-0.3, -0.25) is 4.79 Å². The first-order valence-corrected chi connectivity index (χ1v) is 8.30. The number of nitrogens with one attached hydrogen (secondary N) is 2. The molecule has 0 fully saturated rings. The summed E-state index contributed by atoms with van der Waals surface area (Å²) < 4.78 is 27.5. The van der Waals surface area contributed by atoms with Crippen LogP contribution in [0, 0.1) is 23.0 Å². The minimum Gasteiger partial charge on any atom is -0.397 e. The summed E-state index contributed by atoms with van der Waals surface area (Å²) >= 11 is 0. The Morgan fingerprint density at radius 3 is 2.43 bits per heavy atom. The van der Waals surface area contributed by atoms with Gasteiger partial charge in [-0.25, -0.2) is 8.78 Å². The summed E-state index contributed by atoms with van der Waals surface area (Å²) in [6.07, 6.45) is 0. The second kappa shape index (κ2) is 7.76. The Kier molecular flexibility index (Phi) is 5.23. The van der Waals surface area contributed by atoms with Gasteiger partial charge in [-0.05, 0) is 54.1 Å². The van der Waals surface area contributed by atoms with Gasteiger partial charge in [0, 0.05) is 29.9 Å². The number of carbonyl (C=O) groups is 1. The molecule has 0 saturated heterocycles. The molecule has 7 heteroatoms. The second-order valence-electron chi connectivity index (χ2n) is 6.14. The molecule has 0 aromatic heterocycles. The van der Waals surface area contributed by atoms with Crippen molar-refractivity contribution >= 4 is 28.7 Å². The maximum atomic E-state index is 14.2. The average Bonchev–Trinajstić information content (AvgIpc) is 2.62. The molecule has 0 aliphatic rings. The van der Waals surface area contributed by atoms with Crippen LogP contribution in [0.4, 0.5) is 31.5 Å². The molecule has 0 radical (unpaired) electrons. The fraction of sp³-hybridized carbons (Fsp3) is 0.0476. The van der Waals surface area contributed by atoms with E-state index < -0.39 is 11.6 Å². The first-order chi connectivity index (χ1) is 13.4. The molecule has 0 aliphatic carbocycles. The molecule has 140 valence electrons. The number of nitrogens with zero attached hydrogens (tertiary/aromatic N) is 1. The zero-order valence-electron chi connectivity index (χ0n) is 14.9. The maximum Gasteiger partial charge on any atom is 0.221 e. The molecule has 5 nitrogen and oxygen atoms in total. The summed E-state index contributed by atoms with van der Waals surface area (Å²) in [6, 6.07) is 15.0. The van der Waals surface area contributed by atoms with Crippen LogP contribution in [0.15, 0.2) is 54.6 Å². The highest BCUT2D eigenvalue weighted by Gasteiger charge is 2.11. The van der Waals surface area contributed by atoms with Gasteiger partial charge in [0.25, 0.3) is 0 Å². The fourth-order valence-corrected chi connectivity index (χ4v) is 2.76. The average molecular weight is 378 g/mol. The molecule has 1 amide bonds. The van der Waals surface area contributed by atoms with Crippen LogP contribution in [0.5, 0.6) is 0 Å². The van der Waals surface area contributed by atoms with Gasteiger partial charge in [0.2, 0.25) is 5.91 Å². The lowest BCUT2D eigenvalue weighted by Crippen LogP contribution is -2.06. The molecule has 0 heterocycles. The topological polar surface area (TPSA) is 90.9 Å². The van der Waals surface area contributed by atoms with Crippen LogP contribution in [0.3, 0.4) is 0 Å². The molecule has 4 N–H and O–H groups in total. The molecular formula is C21H16F2N4O. The van der Waals surface area contributed by atoms with Gasteiger partial charge >= 0.3 is 0 Å². The highest BCUT2D eigenvalue weighted by molar-refractivity contribution is 5.91. The van der Waals surface area contributed by atoms with Crippen LogP contribution < -0.4 is 16.4 Å². The Morgan fingerprint density at radius 1 is 1.04 bits per heavy atom. The van der Waals surface area contributed by atoms with Crippen LogP contribution in [0.25, 0.3) is 11.1 Å². The van der Waals surface area contributed by atoms with Gasteiger partial charge in [0.05, 0.1) is 23.0 Å². The molecule has 0 bridgehead atoms. The Balaban J connectivity index is 2.05. The SMILES string of the molecule is CC(=O)Nc1cc(Nc2ccc(C#N)cc2N)cc(-c2ccc(F)cc2F)c1. The first-order valence-electron chi connectivity index (χ1n) is 8.30. The van der Waals surface area contributed by atoms with E-state index in [0.29, 0.717) is 33.9 Å². The van der Waals surface area contributed by atoms with Gasteiger partial charge in [-0.15, -0.1) is 0 Å². The van der Waals surface area contributed by atoms with Crippen molar-refractivity contribution in [2.24, 2.45) is 0 Å². The van der Waals surface area contributed by atoms with E-state index >= 15 is 0 Å². The molecule has 0 atom stereocenters. The number of carbonyl (C=O) groups excluding carboxylic acids is 1. The third-order valence-corrected chi connectivity index (χ3v) is 3.96. The van der Waals surface area contributed by atoms with Crippen molar-refractivity contribution in [3.63, 3.8) is 0 Å². The Bertz CT molecular complexity index is 1110. The van der Waals surface area contributed by atoms with E-state index in [0.717, 1.165) is 12.1 Å². The zero-order chi connectivity index (χ0) is 20.3. The van der Waals surface area contributed by atoms with Gasteiger partial charge < -0.3 is 16.4 Å². The molecule has 0 aliphatic heterocycles. The number of halogens is 2. The fourth-order valence-electron chi connectivity index (χ4n) is 2.76.